The maximum atomic E-state index is 11.2. The molecular weight excluding hydrogens is 204 g/mol. The zero-order valence-corrected chi connectivity index (χ0v) is 9.55. The molecule has 13 heavy (non-hydrogen) atoms. The van der Waals surface area contributed by atoms with Crippen LogP contribution >= 0.6 is 23.5 Å². The monoisotopic (exact) mass is 216 g/mol. The number of hydrogen-bond acceptors (Lipinski definition) is 4. The first-order valence-corrected chi connectivity index (χ1v) is 5.94. The Hall–Kier alpha value is -0.220. The van der Waals surface area contributed by atoms with E-state index < -0.39 is 0 Å². The van der Waals surface area contributed by atoms with Crippen LogP contribution in [0, 0.1) is 0 Å². The fourth-order valence-electron chi connectivity index (χ4n) is 1.11. The van der Waals surface area contributed by atoms with Crippen LogP contribution in [-0.2, 0) is 9.59 Å². The van der Waals surface area contributed by atoms with Crippen LogP contribution in [0.4, 0.5) is 0 Å². The number of carbonyl (C=O) groups is 2. The van der Waals surface area contributed by atoms with E-state index in [0.717, 1.165) is 9.99 Å². The van der Waals surface area contributed by atoms with E-state index >= 15 is 0 Å². The van der Waals surface area contributed by atoms with E-state index in [1.807, 2.05) is 0 Å². The van der Waals surface area contributed by atoms with Crippen molar-refractivity contribution in [3.63, 3.8) is 0 Å². The molecule has 1 aliphatic heterocycles. The summed E-state index contributed by atoms with van der Waals surface area (Å²) in [6.45, 7) is 5.00. The summed E-state index contributed by atoms with van der Waals surface area (Å²) in [5, 5.41) is 0.508. The fourth-order valence-corrected chi connectivity index (χ4v) is 4.14. The lowest BCUT2D eigenvalue weighted by Crippen LogP contribution is -2.07. The highest BCUT2D eigenvalue weighted by molar-refractivity contribution is 8.25. The van der Waals surface area contributed by atoms with Crippen LogP contribution in [-0.4, -0.2) is 22.6 Å². The molecule has 0 aromatic heterocycles. The third-order valence-corrected chi connectivity index (χ3v) is 4.64. The summed E-state index contributed by atoms with van der Waals surface area (Å²) in [6, 6.07) is 0. The Kier molecular flexibility index (Phi) is 3.62. The summed E-state index contributed by atoms with van der Waals surface area (Å²) in [5.41, 5.74) is 0.388. The molecule has 72 valence electrons. The second-order valence-corrected chi connectivity index (χ2v) is 5.75. The lowest BCUT2D eigenvalue weighted by atomic mass is 10.1. The molecule has 0 aromatic carbocycles. The van der Waals surface area contributed by atoms with Gasteiger partial charge in [-0.05, 0) is 13.8 Å². The molecule has 0 unspecified atom stereocenters. The lowest BCUT2D eigenvalue weighted by Gasteiger charge is -2.02. The van der Waals surface area contributed by atoms with E-state index in [1.165, 1.54) is 13.8 Å². The van der Waals surface area contributed by atoms with Crippen molar-refractivity contribution in [2.75, 3.05) is 5.75 Å². The highest BCUT2D eigenvalue weighted by Gasteiger charge is 2.24. The molecule has 1 aliphatic rings. The smallest absolute Gasteiger partial charge is 0.165 e. The van der Waals surface area contributed by atoms with Gasteiger partial charge in [0.25, 0.3) is 0 Å². The Morgan fingerprint density at radius 3 is 2.15 bits per heavy atom. The average molecular weight is 216 g/mol. The summed E-state index contributed by atoms with van der Waals surface area (Å²) >= 11 is 3.25. The van der Waals surface area contributed by atoms with Crippen molar-refractivity contribution in [2.24, 2.45) is 0 Å². The molecule has 1 rings (SSSR count). The third-order valence-electron chi connectivity index (χ3n) is 1.67. The third kappa shape index (κ3) is 2.61. The Morgan fingerprint density at radius 1 is 1.31 bits per heavy atom. The molecule has 0 aliphatic carbocycles. The van der Waals surface area contributed by atoms with Crippen molar-refractivity contribution in [1.82, 2.24) is 0 Å². The van der Waals surface area contributed by atoms with Crippen molar-refractivity contribution >= 4 is 35.1 Å². The summed E-state index contributed by atoms with van der Waals surface area (Å²) in [4.78, 5) is 22.3. The highest BCUT2D eigenvalue weighted by atomic mass is 32.2. The molecule has 0 saturated carbocycles. The summed E-state index contributed by atoms with van der Waals surface area (Å²) in [7, 11) is 0. The first-order valence-electron chi connectivity index (χ1n) is 4.08. The number of carbonyl (C=O) groups excluding carboxylic acids is 2. The van der Waals surface area contributed by atoms with E-state index in [4.69, 9.17) is 0 Å². The Morgan fingerprint density at radius 2 is 1.85 bits per heavy atom. The van der Waals surface area contributed by atoms with Gasteiger partial charge in [0, 0.05) is 11.0 Å². The predicted octanol–water partition coefficient (Wildman–Crippen LogP) is 2.24. The van der Waals surface area contributed by atoms with Crippen LogP contribution < -0.4 is 0 Å². The molecule has 0 amide bonds. The first-order chi connectivity index (χ1) is 6.02. The van der Waals surface area contributed by atoms with Crippen LogP contribution in [0.25, 0.3) is 0 Å². The molecule has 2 nitrogen and oxygen atoms in total. The van der Waals surface area contributed by atoms with Gasteiger partial charge in [-0.1, -0.05) is 6.92 Å². The Bertz CT molecular complexity index is 265. The normalized spacial score (nSPS) is 21.8. The second kappa shape index (κ2) is 4.33. The molecular formula is C9H12O2S2. The minimum atomic E-state index is -0.114. The molecule has 0 radical (unpaired) electrons. The molecule has 1 saturated heterocycles. The molecule has 0 spiro atoms. The lowest BCUT2D eigenvalue weighted by molar-refractivity contribution is -0.119. The van der Waals surface area contributed by atoms with Crippen molar-refractivity contribution in [1.29, 1.82) is 0 Å². The van der Waals surface area contributed by atoms with Gasteiger partial charge in [-0.15, -0.1) is 23.5 Å². The number of ketones is 2. The van der Waals surface area contributed by atoms with Gasteiger partial charge in [0.15, 0.2) is 11.6 Å². The van der Waals surface area contributed by atoms with E-state index in [9.17, 15) is 9.59 Å². The van der Waals surface area contributed by atoms with Crippen molar-refractivity contribution in [3.05, 3.63) is 9.81 Å². The van der Waals surface area contributed by atoms with Crippen molar-refractivity contribution in [2.45, 2.75) is 26.0 Å². The minimum Gasteiger partial charge on any atom is -0.294 e. The quantitative estimate of drug-likeness (QED) is 0.403. The zero-order valence-electron chi connectivity index (χ0n) is 7.92. The topological polar surface area (TPSA) is 34.1 Å². The van der Waals surface area contributed by atoms with E-state index in [2.05, 4.69) is 6.92 Å². The van der Waals surface area contributed by atoms with E-state index in [0.29, 0.717) is 10.8 Å². The second-order valence-electron chi connectivity index (χ2n) is 3.01. The molecule has 0 bridgehead atoms. The molecule has 0 N–H and O–H groups in total. The molecule has 1 heterocycles. The molecule has 4 heteroatoms. The van der Waals surface area contributed by atoms with Crippen LogP contribution in [0.15, 0.2) is 9.81 Å². The fraction of sp³-hybridized carbons (Fsp3) is 0.556. The predicted molar refractivity (Wildman–Crippen MR) is 57.9 cm³/mol. The standard InChI is InChI=1S/C9H12O2S2/c1-5-4-12-9(13-5)8(6(2)10)7(3)11/h5H,4H2,1-3H3/t5-/m0/s1. The number of thioether (sulfide) groups is 2. The maximum absolute atomic E-state index is 11.2. The van der Waals surface area contributed by atoms with Crippen LogP contribution in [0.3, 0.4) is 0 Å². The van der Waals surface area contributed by atoms with Gasteiger partial charge in [0.2, 0.25) is 0 Å². The number of rotatable bonds is 2. The van der Waals surface area contributed by atoms with E-state index in [1.54, 1.807) is 23.5 Å². The van der Waals surface area contributed by atoms with Crippen molar-refractivity contribution in [3.8, 4) is 0 Å². The SMILES string of the molecule is CC(=O)C(C(C)=O)=C1SC[C@H](C)S1. The Labute approximate surface area is 86.5 Å². The molecule has 1 fully saturated rings. The van der Waals surface area contributed by atoms with Crippen molar-refractivity contribution < 1.29 is 9.59 Å². The maximum Gasteiger partial charge on any atom is 0.165 e. The molecule has 1 atom stereocenters. The van der Waals surface area contributed by atoms with Gasteiger partial charge in [-0.2, -0.15) is 0 Å². The van der Waals surface area contributed by atoms with Gasteiger partial charge < -0.3 is 0 Å². The zero-order chi connectivity index (χ0) is 10.0. The average Bonchev–Trinajstić information content (AvgIpc) is 2.34. The number of allylic oxidation sites excluding steroid dienone is 1. The number of hydrogen-bond donors (Lipinski definition) is 0. The summed E-state index contributed by atoms with van der Waals surface area (Å²) in [6.07, 6.45) is 0. The first kappa shape index (κ1) is 10.9. The summed E-state index contributed by atoms with van der Waals surface area (Å²) in [5.74, 6) is 0.762. The Balaban J connectivity index is 2.97. The number of Topliss-reactive ketones (excluding diaryl/α,β-unsaturated/α-hetero) is 2. The van der Waals surface area contributed by atoms with Gasteiger partial charge in [0.05, 0.1) is 9.81 Å². The minimum absolute atomic E-state index is 0.114. The van der Waals surface area contributed by atoms with Gasteiger partial charge in [-0.25, -0.2) is 0 Å². The van der Waals surface area contributed by atoms with Crippen LogP contribution in [0.5, 0.6) is 0 Å². The largest absolute Gasteiger partial charge is 0.294 e. The van der Waals surface area contributed by atoms with Gasteiger partial charge in [0.1, 0.15) is 0 Å². The van der Waals surface area contributed by atoms with E-state index in [-0.39, 0.29) is 11.6 Å². The van der Waals surface area contributed by atoms with Gasteiger partial charge >= 0.3 is 0 Å². The van der Waals surface area contributed by atoms with Crippen LogP contribution in [0.1, 0.15) is 20.8 Å². The summed E-state index contributed by atoms with van der Waals surface area (Å²) < 4.78 is 0.910. The van der Waals surface area contributed by atoms with Gasteiger partial charge in [-0.3, -0.25) is 9.59 Å². The molecule has 0 aromatic rings. The highest BCUT2D eigenvalue weighted by Crippen LogP contribution is 2.43. The van der Waals surface area contributed by atoms with Crippen LogP contribution in [0.2, 0.25) is 0 Å².